The zero-order chi connectivity index (χ0) is 16.5. The zero-order valence-corrected chi connectivity index (χ0v) is 18.3. The van der Waals surface area contributed by atoms with Gasteiger partial charge in [0.1, 0.15) is 0 Å². The van der Waals surface area contributed by atoms with Crippen LogP contribution in [0.5, 0.6) is 0 Å². The van der Waals surface area contributed by atoms with Gasteiger partial charge >= 0.3 is 0 Å². The van der Waals surface area contributed by atoms with E-state index in [9.17, 15) is 8.42 Å². The molecule has 0 aliphatic heterocycles. The van der Waals surface area contributed by atoms with Gasteiger partial charge in [-0.15, -0.1) is 0 Å². The van der Waals surface area contributed by atoms with Gasteiger partial charge in [-0.3, -0.25) is 8.42 Å². The Morgan fingerprint density at radius 3 is 1.38 bits per heavy atom. The van der Waals surface area contributed by atoms with Gasteiger partial charge in [0.15, 0.2) is 16.6 Å². The lowest BCUT2D eigenvalue weighted by Gasteiger charge is -2.34. The first-order valence-corrected chi connectivity index (χ1v) is 17.2. The van der Waals surface area contributed by atoms with Crippen LogP contribution in [-0.2, 0) is 25.7 Å². The minimum absolute atomic E-state index is 0.652. The molecule has 0 N–H and O–H groups in total. The van der Waals surface area contributed by atoms with E-state index >= 15 is 0 Å². The summed E-state index contributed by atoms with van der Waals surface area (Å²) in [6.45, 7) is 13.1. The van der Waals surface area contributed by atoms with Gasteiger partial charge < -0.3 is 4.12 Å². The van der Waals surface area contributed by atoms with E-state index in [0.29, 0.717) is 0 Å². The molecule has 128 valence electrons. The molecule has 0 spiro atoms. The standard InChI is InChI=1S/C14H34O3S2Si2/c1-7-18(15)11-9-13-20(3,4)17-21(5,6)14-10-12-19(16)8-2/h7-14H2,1-6H3. The van der Waals surface area contributed by atoms with Crippen LogP contribution in [0.3, 0.4) is 0 Å². The molecule has 0 saturated carbocycles. The van der Waals surface area contributed by atoms with E-state index in [1.807, 2.05) is 13.8 Å². The van der Waals surface area contributed by atoms with Gasteiger partial charge in [0, 0.05) is 44.6 Å². The summed E-state index contributed by atoms with van der Waals surface area (Å²) in [6, 6.07) is 2.19. The highest BCUT2D eigenvalue weighted by atomic mass is 32.2. The van der Waals surface area contributed by atoms with Crippen molar-refractivity contribution in [1.82, 2.24) is 0 Å². The first kappa shape index (κ1) is 21.7. The molecule has 7 heteroatoms. The first-order chi connectivity index (χ1) is 9.62. The van der Waals surface area contributed by atoms with E-state index < -0.39 is 38.2 Å². The summed E-state index contributed by atoms with van der Waals surface area (Å²) >= 11 is 0. The Morgan fingerprint density at radius 2 is 1.10 bits per heavy atom. The number of hydrogen-bond acceptors (Lipinski definition) is 3. The quantitative estimate of drug-likeness (QED) is 0.492. The summed E-state index contributed by atoms with van der Waals surface area (Å²) in [7, 11) is -4.61. The molecule has 0 heterocycles. The molecule has 0 aliphatic rings. The Morgan fingerprint density at radius 1 is 0.762 bits per heavy atom. The molecule has 2 atom stereocenters. The molecule has 0 amide bonds. The van der Waals surface area contributed by atoms with Crippen LogP contribution in [-0.4, -0.2) is 48.1 Å². The molecule has 0 rings (SSSR count). The maximum atomic E-state index is 11.5. The van der Waals surface area contributed by atoms with E-state index in [-0.39, 0.29) is 0 Å². The van der Waals surface area contributed by atoms with Crippen LogP contribution in [0.1, 0.15) is 26.7 Å². The molecule has 0 fully saturated rings. The van der Waals surface area contributed by atoms with E-state index in [2.05, 4.69) is 26.2 Å². The van der Waals surface area contributed by atoms with Gasteiger partial charge in [0.2, 0.25) is 0 Å². The molecule has 0 radical (unpaired) electrons. The minimum Gasteiger partial charge on any atom is -0.455 e. The highest BCUT2D eigenvalue weighted by Gasteiger charge is 2.32. The van der Waals surface area contributed by atoms with Crippen molar-refractivity contribution in [2.75, 3.05) is 23.0 Å². The molecule has 0 aromatic heterocycles. The maximum absolute atomic E-state index is 11.5. The van der Waals surface area contributed by atoms with Crippen molar-refractivity contribution in [2.24, 2.45) is 0 Å². The second-order valence-electron chi connectivity index (χ2n) is 6.69. The van der Waals surface area contributed by atoms with Crippen molar-refractivity contribution in [3.05, 3.63) is 0 Å². The highest BCUT2D eigenvalue weighted by Crippen LogP contribution is 2.24. The van der Waals surface area contributed by atoms with Crippen molar-refractivity contribution in [1.29, 1.82) is 0 Å². The fraction of sp³-hybridized carbons (Fsp3) is 1.00. The average Bonchev–Trinajstić information content (AvgIpc) is 2.36. The van der Waals surface area contributed by atoms with Crippen LogP contribution in [0.4, 0.5) is 0 Å². The second-order valence-corrected chi connectivity index (χ2v) is 19.3. The topological polar surface area (TPSA) is 43.4 Å². The summed E-state index contributed by atoms with van der Waals surface area (Å²) in [4.78, 5) is 0. The Bertz CT molecular complexity index is 315. The average molecular weight is 371 g/mol. The minimum atomic E-state index is -1.65. The van der Waals surface area contributed by atoms with Crippen LogP contribution in [0.2, 0.25) is 38.3 Å². The van der Waals surface area contributed by atoms with Gasteiger partial charge in [-0.2, -0.15) is 0 Å². The summed E-state index contributed by atoms with van der Waals surface area (Å²) in [5.74, 6) is 3.15. The molecule has 0 saturated heterocycles. The van der Waals surface area contributed by atoms with Crippen LogP contribution < -0.4 is 0 Å². The van der Waals surface area contributed by atoms with Gasteiger partial charge in [0.25, 0.3) is 0 Å². The smallest absolute Gasteiger partial charge is 0.173 e. The lowest BCUT2D eigenvalue weighted by Crippen LogP contribution is -2.44. The van der Waals surface area contributed by atoms with Crippen LogP contribution in [0, 0.1) is 0 Å². The third-order valence-electron chi connectivity index (χ3n) is 3.50. The zero-order valence-electron chi connectivity index (χ0n) is 14.7. The maximum Gasteiger partial charge on any atom is 0.173 e. The van der Waals surface area contributed by atoms with E-state index in [1.54, 1.807) is 0 Å². The third kappa shape index (κ3) is 11.9. The van der Waals surface area contributed by atoms with Gasteiger partial charge in [-0.05, 0) is 51.1 Å². The molecule has 0 bridgehead atoms. The van der Waals surface area contributed by atoms with Crippen LogP contribution in [0.25, 0.3) is 0 Å². The summed E-state index contributed by atoms with van der Waals surface area (Å²) in [5.41, 5.74) is 0. The van der Waals surface area contributed by atoms with E-state index in [0.717, 1.165) is 47.9 Å². The molecule has 3 nitrogen and oxygen atoms in total. The van der Waals surface area contributed by atoms with E-state index in [1.165, 1.54) is 0 Å². The van der Waals surface area contributed by atoms with Crippen molar-refractivity contribution in [2.45, 2.75) is 65.0 Å². The first-order valence-electron chi connectivity index (χ1n) is 8.02. The molecule has 0 aromatic carbocycles. The Hall–Kier alpha value is 0.694. The number of rotatable bonds is 12. The van der Waals surface area contributed by atoms with E-state index in [4.69, 9.17) is 4.12 Å². The number of hydrogen-bond donors (Lipinski definition) is 0. The third-order valence-corrected chi connectivity index (χ3v) is 13.8. The normalized spacial score (nSPS) is 15.9. The van der Waals surface area contributed by atoms with Crippen molar-refractivity contribution < 1.29 is 12.5 Å². The Kier molecular flexibility index (Phi) is 10.8. The Balaban J connectivity index is 4.14. The molecule has 0 aliphatic carbocycles. The van der Waals surface area contributed by atoms with Crippen molar-refractivity contribution in [3.63, 3.8) is 0 Å². The predicted molar refractivity (Wildman–Crippen MR) is 102 cm³/mol. The SMILES string of the molecule is CCS(=O)CCC[Si](C)(C)O[Si](C)(C)CCCS(=O)CC. The van der Waals surface area contributed by atoms with Crippen molar-refractivity contribution >= 4 is 38.2 Å². The summed E-state index contributed by atoms with van der Waals surface area (Å²) in [5, 5.41) is 0. The molecule has 0 aromatic rings. The molecule has 2 unspecified atom stereocenters. The molecular weight excluding hydrogens is 336 g/mol. The van der Waals surface area contributed by atoms with Crippen LogP contribution in [0.15, 0.2) is 0 Å². The monoisotopic (exact) mass is 370 g/mol. The highest BCUT2D eigenvalue weighted by molar-refractivity contribution is 7.85. The van der Waals surface area contributed by atoms with Gasteiger partial charge in [0.05, 0.1) is 0 Å². The molecule has 21 heavy (non-hydrogen) atoms. The largest absolute Gasteiger partial charge is 0.455 e. The van der Waals surface area contributed by atoms with Gasteiger partial charge in [-0.25, -0.2) is 0 Å². The fourth-order valence-corrected chi connectivity index (χ4v) is 13.3. The summed E-state index contributed by atoms with van der Waals surface area (Å²) in [6.07, 6.45) is 2.04. The van der Waals surface area contributed by atoms with Crippen molar-refractivity contribution in [3.8, 4) is 0 Å². The lowest BCUT2D eigenvalue weighted by molar-refractivity contribution is 0.534. The molecular formula is C14H34O3S2Si2. The second kappa shape index (κ2) is 10.5. The summed E-state index contributed by atoms with van der Waals surface area (Å²) < 4.78 is 29.5. The van der Waals surface area contributed by atoms with Crippen LogP contribution >= 0.6 is 0 Å². The lowest BCUT2D eigenvalue weighted by atomic mass is 10.6. The Labute approximate surface area is 138 Å². The predicted octanol–water partition coefficient (Wildman–Crippen LogP) is 3.73. The fourth-order valence-electron chi connectivity index (χ4n) is 2.46. The van der Waals surface area contributed by atoms with Gasteiger partial charge in [-0.1, -0.05) is 13.8 Å².